The van der Waals surface area contributed by atoms with Gasteiger partial charge in [-0.25, -0.2) is 4.98 Å². The number of hydrogen-bond donors (Lipinski definition) is 3. The van der Waals surface area contributed by atoms with Gasteiger partial charge in [-0.15, -0.1) is 24.8 Å². The number of likely N-dealkylation sites (tertiary alicyclic amines) is 1. The van der Waals surface area contributed by atoms with Gasteiger partial charge in [-0.2, -0.15) is 0 Å². The molecule has 2 amide bonds. The third kappa shape index (κ3) is 7.08. The number of amides is 2. The maximum Gasteiger partial charge on any atom is 0.246 e. The fraction of sp³-hybridized carbons (Fsp3) is 0.515. The fourth-order valence-electron chi connectivity index (χ4n) is 7.17. The smallest absolute Gasteiger partial charge is 0.246 e. The number of anilines is 1. The summed E-state index contributed by atoms with van der Waals surface area (Å²) in [6.45, 7) is 3.43. The van der Waals surface area contributed by atoms with Crippen LogP contribution in [0.3, 0.4) is 0 Å². The van der Waals surface area contributed by atoms with Crippen molar-refractivity contribution in [3.8, 4) is 0 Å². The van der Waals surface area contributed by atoms with E-state index in [2.05, 4.69) is 27.8 Å². The molecule has 3 heterocycles. The summed E-state index contributed by atoms with van der Waals surface area (Å²) in [5, 5.41) is 7.86. The van der Waals surface area contributed by atoms with Gasteiger partial charge in [-0.05, 0) is 68.2 Å². The molecule has 2 aromatic heterocycles. The molecule has 3 aliphatic rings. The number of carbonyl (C=O) groups excluding carboxylic acids is 2. The van der Waals surface area contributed by atoms with Crippen LogP contribution in [0.2, 0.25) is 0 Å². The van der Waals surface area contributed by atoms with E-state index < -0.39 is 5.54 Å². The number of halogens is 2. The second-order valence-electron chi connectivity index (χ2n) is 12.3. The van der Waals surface area contributed by atoms with Crippen LogP contribution in [0, 0.1) is 18.8 Å². The molecule has 8 nitrogen and oxygen atoms in total. The van der Waals surface area contributed by atoms with Crippen molar-refractivity contribution in [2.75, 3.05) is 12.3 Å². The Labute approximate surface area is 266 Å². The Hall–Kier alpha value is -2.94. The largest absolute Gasteiger partial charge is 0.384 e. The van der Waals surface area contributed by atoms with E-state index in [4.69, 9.17) is 10.7 Å². The van der Waals surface area contributed by atoms with Crippen LogP contribution in [0.4, 0.5) is 5.82 Å². The fourth-order valence-corrected chi connectivity index (χ4v) is 7.17. The van der Waals surface area contributed by atoms with Gasteiger partial charge in [0.1, 0.15) is 11.4 Å². The molecule has 3 aromatic rings. The molecule has 3 atom stereocenters. The van der Waals surface area contributed by atoms with Gasteiger partial charge in [0.25, 0.3) is 0 Å². The number of pyridine rings is 2. The number of aryl methyl sites for hydroxylation is 1. The van der Waals surface area contributed by atoms with Crippen molar-refractivity contribution in [1.29, 1.82) is 0 Å². The molecule has 2 saturated carbocycles. The van der Waals surface area contributed by atoms with Crippen LogP contribution >= 0.6 is 24.8 Å². The van der Waals surface area contributed by atoms with E-state index in [1.165, 1.54) is 32.1 Å². The van der Waals surface area contributed by atoms with Crippen LogP contribution in [-0.2, 0) is 22.7 Å². The first-order chi connectivity index (χ1) is 19.9. The Morgan fingerprint density at radius 2 is 1.77 bits per heavy atom. The number of fused-ring (bicyclic) bond motifs is 2. The van der Waals surface area contributed by atoms with Crippen molar-refractivity contribution < 1.29 is 9.59 Å². The standard InChI is InChI=1S/C33H42N6O2.2ClH/c1-22-25(14-16-30(34)37-22)20-36-32(41)33-19-26(33)11-7-17-39(33)31(40)29(18-23-8-3-2-4-9-23)35-21-27-15-13-24-10-5-6-12-28(24)38-27;;/h5-6,10,12-16,23,26,29,35H,2-4,7-9,11,17-21H2,1H3,(H2,34,37)(H,36,41);2*1H/t26-,29-,33+;;/m1../s1. The topological polar surface area (TPSA) is 113 Å². The zero-order valence-electron chi connectivity index (χ0n) is 24.9. The van der Waals surface area contributed by atoms with Gasteiger partial charge >= 0.3 is 0 Å². The van der Waals surface area contributed by atoms with Gasteiger partial charge in [0.2, 0.25) is 11.8 Å². The van der Waals surface area contributed by atoms with Crippen molar-refractivity contribution in [2.24, 2.45) is 11.8 Å². The maximum atomic E-state index is 14.4. The first-order valence-corrected chi connectivity index (χ1v) is 15.3. The summed E-state index contributed by atoms with van der Waals surface area (Å²) in [6, 6.07) is 15.6. The summed E-state index contributed by atoms with van der Waals surface area (Å²) in [7, 11) is 0. The lowest BCUT2D eigenvalue weighted by atomic mass is 9.84. The molecular weight excluding hydrogens is 583 g/mol. The number of nitrogens with two attached hydrogens (primary N) is 1. The number of carbonyl (C=O) groups is 2. The number of para-hydroxylation sites is 1. The average Bonchev–Trinajstić information content (AvgIpc) is 3.75. The lowest BCUT2D eigenvalue weighted by Gasteiger charge is -2.39. The molecule has 43 heavy (non-hydrogen) atoms. The molecule has 0 spiro atoms. The molecular formula is C33H44Cl2N6O2. The zero-order chi connectivity index (χ0) is 28.4. The third-order valence-corrected chi connectivity index (χ3v) is 9.58. The van der Waals surface area contributed by atoms with E-state index in [1.54, 1.807) is 6.07 Å². The Balaban J connectivity index is 0.00000212. The van der Waals surface area contributed by atoms with Gasteiger partial charge in [0.05, 0.1) is 17.3 Å². The van der Waals surface area contributed by atoms with Crippen molar-refractivity contribution in [2.45, 2.75) is 89.4 Å². The number of nitrogens with one attached hydrogen (secondary N) is 2. The first kappa shape index (κ1) is 33.0. The quantitative estimate of drug-likeness (QED) is 0.289. The predicted octanol–water partition coefficient (Wildman–Crippen LogP) is 5.49. The minimum Gasteiger partial charge on any atom is -0.384 e. The normalized spacial score (nSPS) is 22.1. The van der Waals surface area contributed by atoms with Gasteiger partial charge in [0, 0.05) is 30.7 Å². The Bertz CT molecular complexity index is 1430. The van der Waals surface area contributed by atoms with Gasteiger partial charge < -0.3 is 21.3 Å². The summed E-state index contributed by atoms with van der Waals surface area (Å²) >= 11 is 0. The van der Waals surface area contributed by atoms with E-state index in [0.717, 1.165) is 53.5 Å². The van der Waals surface area contributed by atoms with Gasteiger partial charge in [0.15, 0.2) is 0 Å². The second kappa shape index (κ2) is 14.2. The van der Waals surface area contributed by atoms with Crippen molar-refractivity contribution in [3.63, 3.8) is 0 Å². The molecule has 232 valence electrons. The Morgan fingerprint density at radius 3 is 2.56 bits per heavy atom. The molecule has 1 aliphatic heterocycles. The van der Waals surface area contributed by atoms with Gasteiger partial charge in [-0.3, -0.25) is 14.6 Å². The van der Waals surface area contributed by atoms with Crippen LogP contribution in [0.25, 0.3) is 10.9 Å². The highest BCUT2D eigenvalue weighted by atomic mass is 35.5. The molecule has 0 radical (unpaired) electrons. The highest BCUT2D eigenvalue weighted by Crippen LogP contribution is 2.54. The minimum absolute atomic E-state index is 0. The van der Waals surface area contributed by atoms with Crippen molar-refractivity contribution in [1.82, 2.24) is 25.5 Å². The van der Waals surface area contributed by atoms with Crippen molar-refractivity contribution in [3.05, 3.63) is 65.5 Å². The Kier molecular flexibility index (Phi) is 10.9. The maximum absolute atomic E-state index is 14.4. The number of rotatable bonds is 9. The predicted molar refractivity (Wildman–Crippen MR) is 175 cm³/mol. The lowest BCUT2D eigenvalue weighted by Crippen LogP contribution is -2.59. The number of nitrogen functional groups attached to an aromatic ring is 1. The minimum atomic E-state index is -0.738. The van der Waals surface area contributed by atoms with Crippen molar-refractivity contribution >= 4 is 53.3 Å². The molecule has 1 saturated heterocycles. The van der Waals surface area contributed by atoms with Crippen LogP contribution in [0.15, 0.2) is 48.5 Å². The summed E-state index contributed by atoms with van der Waals surface area (Å²) < 4.78 is 0. The van der Waals surface area contributed by atoms with Gasteiger partial charge in [-0.1, -0.05) is 62.4 Å². The summed E-state index contributed by atoms with van der Waals surface area (Å²) in [6.07, 6.45) is 9.56. The molecule has 10 heteroatoms. The van der Waals surface area contributed by atoms with Crippen LogP contribution in [0.1, 0.15) is 74.7 Å². The third-order valence-electron chi connectivity index (χ3n) is 9.58. The van der Waals surface area contributed by atoms with E-state index in [1.807, 2.05) is 42.2 Å². The Morgan fingerprint density at radius 1 is 0.977 bits per heavy atom. The first-order valence-electron chi connectivity index (χ1n) is 15.3. The van der Waals surface area contributed by atoms with Crippen LogP contribution in [0.5, 0.6) is 0 Å². The number of hydrogen-bond acceptors (Lipinski definition) is 6. The molecule has 3 fully saturated rings. The van der Waals surface area contributed by atoms with Crippen LogP contribution in [-0.4, -0.2) is 44.8 Å². The molecule has 2 aliphatic carbocycles. The molecule has 1 aromatic carbocycles. The number of nitrogens with zero attached hydrogens (tertiary/aromatic N) is 3. The average molecular weight is 628 g/mol. The summed E-state index contributed by atoms with van der Waals surface area (Å²) in [5.41, 5.74) is 8.70. The number of aromatic nitrogens is 2. The second-order valence-corrected chi connectivity index (χ2v) is 12.3. The summed E-state index contributed by atoms with van der Waals surface area (Å²) in [5.74, 6) is 1.25. The van der Waals surface area contributed by atoms with E-state index >= 15 is 0 Å². The molecule has 0 bridgehead atoms. The molecule has 0 unspecified atom stereocenters. The SMILES string of the molecule is Cc1nc(N)ccc1CNC(=O)[C@]12C[C@H]1CCCN2C(=O)[C@@H](CC1CCCCC1)NCc1ccc2ccccc2n1.Cl.Cl. The monoisotopic (exact) mass is 626 g/mol. The van der Waals surface area contributed by atoms with E-state index in [-0.39, 0.29) is 48.6 Å². The molecule has 4 N–H and O–H groups in total. The van der Waals surface area contributed by atoms with E-state index in [0.29, 0.717) is 31.4 Å². The van der Waals surface area contributed by atoms with Crippen LogP contribution < -0.4 is 16.4 Å². The van der Waals surface area contributed by atoms with E-state index in [9.17, 15) is 9.59 Å². The number of piperidine rings is 1. The lowest BCUT2D eigenvalue weighted by molar-refractivity contribution is -0.146. The summed E-state index contributed by atoms with van der Waals surface area (Å²) in [4.78, 5) is 39.2. The molecule has 6 rings (SSSR count). The highest BCUT2D eigenvalue weighted by Gasteiger charge is 2.66. The number of benzene rings is 1. The highest BCUT2D eigenvalue weighted by molar-refractivity contribution is 5.96. The zero-order valence-corrected chi connectivity index (χ0v) is 26.5.